The van der Waals surface area contributed by atoms with Crippen LogP contribution in [-0.2, 0) is 11.2 Å². The van der Waals surface area contributed by atoms with Gasteiger partial charge in [-0.25, -0.2) is 0 Å². The second-order valence-electron chi connectivity index (χ2n) is 6.67. The number of methoxy groups -OCH3 is 3. The van der Waals surface area contributed by atoms with E-state index in [9.17, 15) is 4.79 Å². The van der Waals surface area contributed by atoms with Gasteiger partial charge >= 0.3 is 0 Å². The van der Waals surface area contributed by atoms with Crippen LogP contribution in [0.15, 0.2) is 12.1 Å². The maximum atomic E-state index is 12.7. The summed E-state index contributed by atoms with van der Waals surface area (Å²) in [7, 11) is 4.72. The lowest BCUT2D eigenvalue weighted by molar-refractivity contribution is -0.129. The molecule has 1 aromatic rings. The zero-order chi connectivity index (χ0) is 17.3. The summed E-state index contributed by atoms with van der Waals surface area (Å²) < 4.78 is 16.0. The van der Waals surface area contributed by atoms with E-state index < -0.39 is 0 Å². The molecule has 6 nitrogen and oxygen atoms in total. The van der Waals surface area contributed by atoms with Gasteiger partial charge < -0.3 is 24.8 Å². The molecular formula is C18H26N2O4. The van der Waals surface area contributed by atoms with E-state index in [1.54, 1.807) is 21.3 Å². The van der Waals surface area contributed by atoms with E-state index >= 15 is 0 Å². The van der Waals surface area contributed by atoms with Crippen molar-refractivity contribution in [2.24, 2.45) is 17.6 Å². The van der Waals surface area contributed by atoms with Crippen molar-refractivity contribution in [2.75, 3.05) is 34.4 Å². The molecule has 1 saturated carbocycles. The molecule has 0 radical (unpaired) electrons. The van der Waals surface area contributed by atoms with E-state index in [2.05, 4.69) is 0 Å². The topological polar surface area (TPSA) is 74.0 Å². The number of hydrogen-bond acceptors (Lipinski definition) is 5. The predicted molar refractivity (Wildman–Crippen MR) is 90.6 cm³/mol. The molecule has 1 aromatic carbocycles. The average Bonchev–Trinajstić information content (AvgIpc) is 3.16. The highest BCUT2D eigenvalue weighted by atomic mass is 16.5. The molecule has 1 saturated heterocycles. The quantitative estimate of drug-likeness (QED) is 0.882. The molecule has 2 N–H and O–H groups in total. The third-order valence-electron chi connectivity index (χ3n) is 5.34. The molecule has 3 atom stereocenters. The van der Waals surface area contributed by atoms with Crippen LogP contribution in [0.1, 0.15) is 18.4 Å². The number of hydrogen-bond donors (Lipinski definition) is 1. The second-order valence-corrected chi connectivity index (χ2v) is 6.67. The van der Waals surface area contributed by atoms with Gasteiger partial charge in [0.1, 0.15) is 0 Å². The van der Waals surface area contributed by atoms with Gasteiger partial charge in [-0.3, -0.25) is 4.79 Å². The summed E-state index contributed by atoms with van der Waals surface area (Å²) in [5.74, 6) is 2.85. The lowest BCUT2D eigenvalue weighted by atomic mass is 9.98. The zero-order valence-electron chi connectivity index (χ0n) is 14.6. The van der Waals surface area contributed by atoms with E-state index in [1.165, 1.54) is 0 Å². The van der Waals surface area contributed by atoms with E-state index in [0.717, 1.165) is 31.5 Å². The summed E-state index contributed by atoms with van der Waals surface area (Å²) in [6.07, 6.45) is 2.55. The van der Waals surface area contributed by atoms with Crippen LogP contribution < -0.4 is 19.9 Å². The largest absolute Gasteiger partial charge is 0.493 e. The van der Waals surface area contributed by atoms with Gasteiger partial charge in [-0.1, -0.05) is 0 Å². The van der Waals surface area contributed by atoms with E-state index in [1.807, 2.05) is 17.0 Å². The molecule has 1 amide bonds. The maximum absolute atomic E-state index is 12.7. The number of carbonyl (C=O) groups excluding carboxylic acids is 1. The molecule has 1 heterocycles. The highest BCUT2D eigenvalue weighted by Crippen LogP contribution is 2.39. The third kappa shape index (κ3) is 3.02. The van der Waals surface area contributed by atoms with Crippen LogP contribution in [-0.4, -0.2) is 51.3 Å². The Hall–Kier alpha value is -1.95. The van der Waals surface area contributed by atoms with Gasteiger partial charge in [0.25, 0.3) is 0 Å². The van der Waals surface area contributed by atoms with Gasteiger partial charge in [-0.2, -0.15) is 0 Å². The summed E-state index contributed by atoms with van der Waals surface area (Å²) in [5.41, 5.74) is 7.01. The Morgan fingerprint density at radius 2 is 1.79 bits per heavy atom. The first-order valence-electron chi connectivity index (χ1n) is 8.39. The number of rotatable bonds is 5. The van der Waals surface area contributed by atoms with Crippen molar-refractivity contribution in [1.29, 1.82) is 0 Å². The van der Waals surface area contributed by atoms with Crippen LogP contribution in [0.2, 0.25) is 0 Å². The molecule has 6 heteroatoms. The van der Waals surface area contributed by atoms with Crippen molar-refractivity contribution in [3.63, 3.8) is 0 Å². The number of nitrogens with zero attached hydrogens (tertiary/aromatic N) is 1. The van der Waals surface area contributed by atoms with Crippen molar-refractivity contribution in [1.82, 2.24) is 4.90 Å². The van der Waals surface area contributed by atoms with Crippen LogP contribution in [0.5, 0.6) is 17.2 Å². The van der Waals surface area contributed by atoms with Crippen LogP contribution in [0.3, 0.4) is 0 Å². The van der Waals surface area contributed by atoms with Crippen molar-refractivity contribution < 1.29 is 19.0 Å². The average molecular weight is 334 g/mol. The number of fused-ring (bicyclic) bond motifs is 1. The SMILES string of the molecule is COc1cc(CC(=O)N2CC3CCC(N)C3C2)cc(OC)c1OC. The Kier molecular flexibility index (Phi) is 4.85. The molecule has 2 fully saturated rings. The molecule has 1 aliphatic carbocycles. The summed E-state index contributed by atoms with van der Waals surface area (Å²) in [4.78, 5) is 14.6. The third-order valence-corrected chi connectivity index (χ3v) is 5.34. The minimum atomic E-state index is 0.130. The highest BCUT2D eigenvalue weighted by molar-refractivity contribution is 5.79. The second kappa shape index (κ2) is 6.89. The van der Waals surface area contributed by atoms with E-state index in [0.29, 0.717) is 35.5 Å². The minimum absolute atomic E-state index is 0.130. The first-order chi connectivity index (χ1) is 11.6. The standard InChI is InChI=1S/C18H26N2O4/c1-22-15-6-11(7-16(23-2)18(15)24-3)8-17(21)20-9-12-4-5-14(19)13(12)10-20/h6-7,12-14H,4-5,8-10,19H2,1-3H3. The lowest BCUT2D eigenvalue weighted by Gasteiger charge is -2.19. The predicted octanol–water partition coefficient (Wildman–Crippen LogP) is 1.45. The normalized spacial score (nSPS) is 25.5. The molecule has 0 aromatic heterocycles. The number of benzene rings is 1. The number of likely N-dealkylation sites (tertiary alicyclic amines) is 1. The number of nitrogens with two attached hydrogens (primary N) is 1. The lowest BCUT2D eigenvalue weighted by Crippen LogP contribution is -2.34. The molecule has 0 spiro atoms. The maximum Gasteiger partial charge on any atom is 0.227 e. The molecule has 1 aliphatic heterocycles. The van der Waals surface area contributed by atoms with Crippen molar-refractivity contribution in [3.05, 3.63) is 17.7 Å². The summed E-state index contributed by atoms with van der Waals surface area (Å²) in [5, 5.41) is 0. The summed E-state index contributed by atoms with van der Waals surface area (Å²) in [6.45, 7) is 1.62. The number of amides is 1. The van der Waals surface area contributed by atoms with Crippen LogP contribution in [0.4, 0.5) is 0 Å². The van der Waals surface area contributed by atoms with E-state index in [-0.39, 0.29) is 11.9 Å². The van der Waals surface area contributed by atoms with Gasteiger partial charge in [-0.15, -0.1) is 0 Å². The van der Waals surface area contributed by atoms with Gasteiger partial charge in [-0.05, 0) is 42.4 Å². The fourth-order valence-corrected chi connectivity index (χ4v) is 4.04. The smallest absolute Gasteiger partial charge is 0.227 e. The molecule has 0 bridgehead atoms. The first-order valence-corrected chi connectivity index (χ1v) is 8.39. The number of ether oxygens (including phenoxy) is 3. The molecule has 3 rings (SSSR count). The Bertz CT molecular complexity index is 594. The van der Waals surface area contributed by atoms with E-state index in [4.69, 9.17) is 19.9 Å². The Morgan fingerprint density at radius 1 is 1.12 bits per heavy atom. The molecule has 2 aliphatic rings. The molecule has 132 valence electrons. The Morgan fingerprint density at radius 3 is 2.33 bits per heavy atom. The molecule has 24 heavy (non-hydrogen) atoms. The fraction of sp³-hybridized carbons (Fsp3) is 0.611. The summed E-state index contributed by atoms with van der Waals surface area (Å²) in [6, 6.07) is 3.91. The van der Waals surface area contributed by atoms with Gasteiger partial charge in [0.2, 0.25) is 11.7 Å². The summed E-state index contributed by atoms with van der Waals surface area (Å²) >= 11 is 0. The fourth-order valence-electron chi connectivity index (χ4n) is 4.04. The van der Waals surface area contributed by atoms with Crippen molar-refractivity contribution in [3.8, 4) is 17.2 Å². The Labute approximate surface area is 142 Å². The molecular weight excluding hydrogens is 308 g/mol. The van der Waals surface area contributed by atoms with Crippen molar-refractivity contribution in [2.45, 2.75) is 25.3 Å². The first kappa shape index (κ1) is 16.9. The van der Waals surface area contributed by atoms with Crippen molar-refractivity contribution >= 4 is 5.91 Å². The van der Waals surface area contributed by atoms with Gasteiger partial charge in [0.15, 0.2) is 11.5 Å². The molecule has 3 unspecified atom stereocenters. The minimum Gasteiger partial charge on any atom is -0.493 e. The van der Waals surface area contributed by atoms with Gasteiger partial charge in [0, 0.05) is 19.1 Å². The van der Waals surface area contributed by atoms with Gasteiger partial charge in [0.05, 0.1) is 27.8 Å². The Balaban J connectivity index is 1.73. The highest BCUT2D eigenvalue weighted by Gasteiger charge is 2.42. The number of carbonyl (C=O) groups is 1. The van der Waals surface area contributed by atoms with Crippen LogP contribution >= 0.6 is 0 Å². The van der Waals surface area contributed by atoms with Crippen LogP contribution in [0.25, 0.3) is 0 Å². The monoisotopic (exact) mass is 334 g/mol. The zero-order valence-corrected chi connectivity index (χ0v) is 14.6. The van der Waals surface area contributed by atoms with Crippen LogP contribution in [0, 0.1) is 11.8 Å².